The van der Waals surface area contributed by atoms with Gasteiger partial charge in [0.25, 0.3) is 0 Å². The first-order valence-corrected chi connectivity index (χ1v) is 6.84. The SMILES string of the molecule is CCCS(=O)(=O)NCC1CCOCC1. The van der Waals surface area contributed by atoms with Gasteiger partial charge in [0, 0.05) is 19.8 Å². The molecule has 1 aliphatic heterocycles. The van der Waals surface area contributed by atoms with Crippen molar-refractivity contribution in [3.05, 3.63) is 0 Å². The maximum absolute atomic E-state index is 11.3. The van der Waals surface area contributed by atoms with Crippen LogP contribution < -0.4 is 4.72 Å². The van der Waals surface area contributed by atoms with Gasteiger partial charge in [0.2, 0.25) is 10.0 Å². The van der Waals surface area contributed by atoms with Crippen LogP contribution in [-0.2, 0) is 14.8 Å². The lowest BCUT2D eigenvalue weighted by atomic mass is 10.0. The highest BCUT2D eigenvalue weighted by atomic mass is 32.2. The lowest BCUT2D eigenvalue weighted by Gasteiger charge is -2.21. The summed E-state index contributed by atoms with van der Waals surface area (Å²) >= 11 is 0. The van der Waals surface area contributed by atoms with E-state index in [1.54, 1.807) is 0 Å². The third-order valence-corrected chi connectivity index (χ3v) is 3.96. The normalized spacial score (nSPS) is 19.8. The van der Waals surface area contributed by atoms with Gasteiger partial charge in [0.1, 0.15) is 0 Å². The van der Waals surface area contributed by atoms with Crippen molar-refractivity contribution < 1.29 is 13.2 Å². The summed E-state index contributed by atoms with van der Waals surface area (Å²) in [5.74, 6) is 0.686. The first-order chi connectivity index (χ1) is 6.64. The quantitative estimate of drug-likeness (QED) is 0.745. The molecule has 0 unspecified atom stereocenters. The number of hydrogen-bond acceptors (Lipinski definition) is 3. The van der Waals surface area contributed by atoms with Crippen molar-refractivity contribution in [3.8, 4) is 0 Å². The summed E-state index contributed by atoms with van der Waals surface area (Å²) in [7, 11) is -3.02. The van der Waals surface area contributed by atoms with Gasteiger partial charge in [0.05, 0.1) is 5.75 Å². The number of rotatable bonds is 5. The zero-order valence-electron chi connectivity index (χ0n) is 8.66. The second-order valence-corrected chi connectivity index (χ2v) is 5.65. The minimum Gasteiger partial charge on any atom is -0.381 e. The van der Waals surface area contributed by atoms with Gasteiger partial charge in [-0.25, -0.2) is 13.1 Å². The standard InChI is InChI=1S/C9H19NO3S/c1-2-7-14(11,12)10-8-9-3-5-13-6-4-9/h9-10H,2-8H2,1H3. The molecule has 1 heterocycles. The highest BCUT2D eigenvalue weighted by Crippen LogP contribution is 2.13. The molecule has 1 saturated heterocycles. The molecular formula is C9H19NO3S. The lowest BCUT2D eigenvalue weighted by Crippen LogP contribution is -2.33. The fourth-order valence-corrected chi connectivity index (χ4v) is 2.71. The highest BCUT2D eigenvalue weighted by molar-refractivity contribution is 7.89. The number of hydrogen-bond donors (Lipinski definition) is 1. The zero-order chi connectivity index (χ0) is 10.4. The van der Waals surface area contributed by atoms with Crippen LogP contribution in [0.5, 0.6) is 0 Å². The maximum Gasteiger partial charge on any atom is 0.211 e. The predicted octanol–water partition coefficient (Wildman–Crippen LogP) is 0.742. The third kappa shape index (κ3) is 4.39. The van der Waals surface area contributed by atoms with Crippen LogP contribution in [0.15, 0.2) is 0 Å². The number of ether oxygens (including phenoxy) is 1. The van der Waals surface area contributed by atoms with Crippen LogP contribution in [0, 0.1) is 5.92 Å². The van der Waals surface area contributed by atoms with Crippen molar-refractivity contribution in [2.75, 3.05) is 25.5 Å². The topological polar surface area (TPSA) is 55.4 Å². The predicted molar refractivity (Wildman–Crippen MR) is 55.6 cm³/mol. The van der Waals surface area contributed by atoms with Crippen LogP contribution in [0.25, 0.3) is 0 Å². The van der Waals surface area contributed by atoms with E-state index >= 15 is 0 Å². The van der Waals surface area contributed by atoms with E-state index in [-0.39, 0.29) is 5.75 Å². The van der Waals surface area contributed by atoms with Gasteiger partial charge in [-0.3, -0.25) is 0 Å². The summed E-state index contributed by atoms with van der Waals surface area (Å²) in [6, 6.07) is 0. The molecule has 5 heteroatoms. The Labute approximate surface area is 86.1 Å². The Morgan fingerprint density at radius 3 is 2.57 bits per heavy atom. The molecule has 0 atom stereocenters. The highest BCUT2D eigenvalue weighted by Gasteiger charge is 2.16. The Morgan fingerprint density at radius 1 is 1.36 bits per heavy atom. The van der Waals surface area contributed by atoms with E-state index in [0.29, 0.717) is 18.9 Å². The Morgan fingerprint density at radius 2 is 2.00 bits per heavy atom. The molecule has 0 aromatic rings. The average molecular weight is 221 g/mol. The summed E-state index contributed by atoms with van der Waals surface area (Å²) < 4.78 is 30.5. The number of sulfonamides is 1. The first kappa shape index (κ1) is 11.9. The van der Waals surface area contributed by atoms with E-state index in [0.717, 1.165) is 26.1 Å². The minimum atomic E-state index is -3.02. The van der Waals surface area contributed by atoms with Crippen molar-refractivity contribution in [1.82, 2.24) is 4.72 Å². The Kier molecular flexibility index (Phi) is 4.84. The van der Waals surface area contributed by atoms with Gasteiger partial charge < -0.3 is 4.74 Å². The summed E-state index contributed by atoms with van der Waals surface area (Å²) in [6.07, 6.45) is 2.60. The van der Waals surface area contributed by atoms with E-state index in [4.69, 9.17) is 4.74 Å². The van der Waals surface area contributed by atoms with Crippen molar-refractivity contribution in [2.24, 2.45) is 5.92 Å². The smallest absolute Gasteiger partial charge is 0.211 e. The molecule has 14 heavy (non-hydrogen) atoms. The Balaban J connectivity index is 2.24. The fraction of sp³-hybridized carbons (Fsp3) is 1.00. The van der Waals surface area contributed by atoms with Crippen molar-refractivity contribution in [2.45, 2.75) is 26.2 Å². The summed E-state index contributed by atoms with van der Waals surface area (Å²) in [5.41, 5.74) is 0. The molecular weight excluding hydrogens is 202 g/mol. The zero-order valence-corrected chi connectivity index (χ0v) is 9.48. The van der Waals surface area contributed by atoms with E-state index < -0.39 is 10.0 Å². The molecule has 84 valence electrons. The molecule has 1 fully saturated rings. The van der Waals surface area contributed by atoms with Crippen LogP contribution in [-0.4, -0.2) is 33.9 Å². The van der Waals surface area contributed by atoms with Gasteiger partial charge in [-0.2, -0.15) is 0 Å². The van der Waals surface area contributed by atoms with Crippen LogP contribution in [0.2, 0.25) is 0 Å². The van der Waals surface area contributed by atoms with Gasteiger partial charge in [0.15, 0.2) is 0 Å². The van der Waals surface area contributed by atoms with Crippen LogP contribution in [0.1, 0.15) is 26.2 Å². The van der Waals surface area contributed by atoms with E-state index in [2.05, 4.69) is 4.72 Å². The molecule has 0 radical (unpaired) electrons. The fourth-order valence-electron chi connectivity index (χ4n) is 1.54. The van der Waals surface area contributed by atoms with Gasteiger partial charge in [-0.15, -0.1) is 0 Å². The van der Waals surface area contributed by atoms with Gasteiger partial charge in [-0.1, -0.05) is 6.92 Å². The molecule has 0 aromatic heterocycles. The Bertz CT molecular complexity index is 245. The molecule has 0 saturated carbocycles. The van der Waals surface area contributed by atoms with Crippen molar-refractivity contribution >= 4 is 10.0 Å². The molecule has 0 amide bonds. The second-order valence-electron chi connectivity index (χ2n) is 3.72. The molecule has 0 bridgehead atoms. The maximum atomic E-state index is 11.3. The van der Waals surface area contributed by atoms with Crippen LogP contribution in [0.4, 0.5) is 0 Å². The molecule has 0 aliphatic carbocycles. The Hall–Kier alpha value is -0.130. The van der Waals surface area contributed by atoms with Crippen LogP contribution >= 0.6 is 0 Å². The molecule has 0 aromatic carbocycles. The minimum absolute atomic E-state index is 0.232. The summed E-state index contributed by atoms with van der Waals surface area (Å²) in [4.78, 5) is 0. The third-order valence-electron chi connectivity index (χ3n) is 2.41. The first-order valence-electron chi connectivity index (χ1n) is 5.19. The van der Waals surface area contributed by atoms with Crippen molar-refractivity contribution in [3.63, 3.8) is 0 Å². The lowest BCUT2D eigenvalue weighted by molar-refractivity contribution is 0.0678. The van der Waals surface area contributed by atoms with E-state index in [9.17, 15) is 8.42 Å². The van der Waals surface area contributed by atoms with E-state index in [1.165, 1.54) is 0 Å². The second kappa shape index (κ2) is 5.68. The molecule has 4 nitrogen and oxygen atoms in total. The molecule has 1 aliphatic rings. The molecule has 1 rings (SSSR count). The average Bonchev–Trinajstić information content (AvgIpc) is 2.17. The summed E-state index contributed by atoms with van der Waals surface area (Å²) in [6.45, 7) is 3.97. The van der Waals surface area contributed by atoms with E-state index in [1.807, 2.05) is 6.92 Å². The van der Waals surface area contributed by atoms with Crippen molar-refractivity contribution in [1.29, 1.82) is 0 Å². The largest absolute Gasteiger partial charge is 0.381 e. The monoisotopic (exact) mass is 221 g/mol. The molecule has 1 N–H and O–H groups in total. The van der Waals surface area contributed by atoms with Gasteiger partial charge >= 0.3 is 0 Å². The van der Waals surface area contributed by atoms with Crippen LogP contribution in [0.3, 0.4) is 0 Å². The van der Waals surface area contributed by atoms with Gasteiger partial charge in [-0.05, 0) is 25.2 Å². The number of nitrogens with one attached hydrogen (secondary N) is 1. The summed E-state index contributed by atoms with van der Waals surface area (Å²) in [5, 5.41) is 0. The molecule has 0 spiro atoms.